The fourth-order valence-electron chi connectivity index (χ4n) is 1.69. The van der Waals surface area contributed by atoms with Crippen LogP contribution in [0.15, 0.2) is 18.3 Å². The lowest BCUT2D eigenvalue weighted by Crippen LogP contribution is -1.99. The Bertz CT molecular complexity index is 470. The van der Waals surface area contributed by atoms with Crippen molar-refractivity contribution in [1.82, 2.24) is 14.6 Å². The second-order valence-corrected chi connectivity index (χ2v) is 3.80. The van der Waals surface area contributed by atoms with Crippen LogP contribution in [0.2, 0.25) is 0 Å². The lowest BCUT2D eigenvalue weighted by Gasteiger charge is -2.00. The van der Waals surface area contributed by atoms with Crippen LogP contribution in [0, 0.1) is 0 Å². The summed E-state index contributed by atoms with van der Waals surface area (Å²) < 4.78 is 2.07. The standard InChI is InChI=1S/C10H12N4/c11-5-7-1-4-9-12-13-10(8-2-3-8)14(9)6-7/h1,4,6,8H,2-3,5,11H2. The Balaban J connectivity index is 2.20. The first kappa shape index (κ1) is 7.94. The van der Waals surface area contributed by atoms with Crippen LogP contribution >= 0.6 is 0 Å². The molecular formula is C10H12N4. The zero-order chi connectivity index (χ0) is 9.54. The summed E-state index contributed by atoms with van der Waals surface area (Å²) in [7, 11) is 0. The number of fused-ring (bicyclic) bond motifs is 1. The normalized spacial score (nSPS) is 16.4. The molecule has 2 N–H and O–H groups in total. The van der Waals surface area contributed by atoms with E-state index >= 15 is 0 Å². The first-order valence-electron chi connectivity index (χ1n) is 4.92. The molecule has 0 atom stereocenters. The number of hydrogen-bond donors (Lipinski definition) is 1. The van der Waals surface area contributed by atoms with Crippen molar-refractivity contribution in [3.05, 3.63) is 29.7 Å². The highest BCUT2D eigenvalue weighted by atomic mass is 15.2. The molecule has 1 aliphatic rings. The molecule has 0 amide bonds. The third-order valence-corrected chi connectivity index (χ3v) is 2.67. The molecule has 2 aromatic heterocycles. The zero-order valence-electron chi connectivity index (χ0n) is 7.85. The van der Waals surface area contributed by atoms with E-state index < -0.39 is 0 Å². The van der Waals surface area contributed by atoms with Gasteiger partial charge in [-0.1, -0.05) is 6.07 Å². The summed E-state index contributed by atoms with van der Waals surface area (Å²) in [4.78, 5) is 0. The van der Waals surface area contributed by atoms with Gasteiger partial charge in [-0.2, -0.15) is 0 Å². The van der Waals surface area contributed by atoms with Crippen LogP contribution in [-0.2, 0) is 6.54 Å². The SMILES string of the molecule is NCc1ccc2nnc(C3CC3)n2c1. The third-order valence-electron chi connectivity index (χ3n) is 2.67. The average molecular weight is 188 g/mol. The Morgan fingerprint density at radius 2 is 2.21 bits per heavy atom. The van der Waals surface area contributed by atoms with Gasteiger partial charge >= 0.3 is 0 Å². The van der Waals surface area contributed by atoms with Gasteiger partial charge < -0.3 is 5.73 Å². The first-order chi connectivity index (χ1) is 6.88. The van der Waals surface area contributed by atoms with E-state index in [-0.39, 0.29) is 0 Å². The molecule has 1 fully saturated rings. The van der Waals surface area contributed by atoms with Crippen molar-refractivity contribution < 1.29 is 0 Å². The number of rotatable bonds is 2. The minimum absolute atomic E-state index is 0.568. The van der Waals surface area contributed by atoms with E-state index in [1.54, 1.807) is 0 Å². The van der Waals surface area contributed by atoms with Crippen molar-refractivity contribution in [2.75, 3.05) is 0 Å². The van der Waals surface area contributed by atoms with E-state index in [2.05, 4.69) is 14.6 Å². The molecule has 1 aliphatic carbocycles. The molecule has 0 unspecified atom stereocenters. The number of pyridine rings is 1. The quantitative estimate of drug-likeness (QED) is 0.766. The van der Waals surface area contributed by atoms with E-state index in [4.69, 9.17) is 5.73 Å². The van der Waals surface area contributed by atoms with Crippen LogP contribution in [0.4, 0.5) is 0 Å². The van der Waals surface area contributed by atoms with Crippen molar-refractivity contribution in [2.45, 2.75) is 25.3 Å². The van der Waals surface area contributed by atoms with Gasteiger partial charge in [0.1, 0.15) is 5.82 Å². The predicted octanol–water partition coefficient (Wildman–Crippen LogP) is 1.07. The molecule has 0 bridgehead atoms. The summed E-state index contributed by atoms with van der Waals surface area (Å²) in [6.07, 6.45) is 4.53. The second-order valence-electron chi connectivity index (χ2n) is 3.80. The van der Waals surface area contributed by atoms with Crippen molar-refractivity contribution in [1.29, 1.82) is 0 Å². The lowest BCUT2D eigenvalue weighted by atomic mass is 10.3. The summed E-state index contributed by atoms with van der Waals surface area (Å²) in [5.74, 6) is 1.72. The largest absolute Gasteiger partial charge is 0.326 e. The number of aromatic nitrogens is 3. The van der Waals surface area contributed by atoms with Crippen molar-refractivity contribution in [3.8, 4) is 0 Å². The van der Waals surface area contributed by atoms with Crippen molar-refractivity contribution >= 4 is 5.65 Å². The van der Waals surface area contributed by atoms with Crippen molar-refractivity contribution in [3.63, 3.8) is 0 Å². The second kappa shape index (κ2) is 2.78. The van der Waals surface area contributed by atoms with Gasteiger partial charge in [0.05, 0.1) is 0 Å². The minimum Gasteiger partial charge on any atom is -0.326 e. The number of nitrogens with two attached hydrogens (primary N) is 1. The van der Waals surface area contributed by atoms with E-state index in [0.29, 0.717) is 12.5 Å². The minimum atomic E-state index is 0.568. The summed E-state index contributed by atoms with van der Waals surface area (Å²) in [6.45, 7) is 0.568. The molecule has 4 nitrogen and oxygen atoms in total. The summed E-state index contributed by atoms with van der Waals surface area (Å²) in [5.41, 5.74) is 7.64. The molecule has 2 heterocycles. The molecule has 4 heteroatoms. The zero-order valence-corrected chi connectivity index (χ0v) is 7.85. The summed E-state index contributed by atoms with van der Waals surface area (Å²) in [5, 5.41) is 8.33. The Morgan fingerprint density at radius 1 is 1.36 bits per heavy atom. The maximum absolute atomic E-state index is 5.60. The van der Waals surface area contributed by atoms with Crippen LogP contribution in [0.1, 0.15) is 30.1 Å². The smallest absolute Gasteiger partial charge is 0.160 e. The Hall–Kier alpha value is -1.42. The van der Waals surface area contributed by atoms with Gasteiger partial charge in [-0.3, -0.25) is 4.40 Å². The van der Waals surface area contributed by atoms with Crippen LogP contribution in [-0.4, -0.2) is 14.6 Å². The Morgan fingerprint density at radius 3 is 2.93 bits per heavy atom. The van der Waals surface area contributed by atoms with Crippen molar-refractivity contribution in [2.24, 2.45) is 5.73 Å². The highest BCUT2D eigenvalue weighted by Crippen LogP contribution is 2.38. The van der Waals surface area contributed by atoms with Gasteiger partial charge in [-0.25, -0.2) is 0 Å². The fraction of sp³-hybridized carbons (Fsp3) is 0.400. The monoisotopic (exact) mass is 188 g/mol. The number of nitrogens with zero attached hydrogens (tertiary/aromatic N) is 3. The molecular weight excluding hydrogens is 176 g/mol. The van der Waals surface area contributed by atoms with Gasteiger partial charge in [0.25, 0.3) is 0 Å². The Labute approximate surface area is 81.8 Å². The third kappa shape index (κ3) is 1.11. The molecule has 72 valence electrons. The molecule has 0 radical (unpaired) electrons. The predicted molar refractivity (Wildman–Crippen MR) is 52.9 cm³/mol. The first-order valence-corrected chi connectivity index (χ1v) is 4.92. The highest BCUT2D eigenvalue weighted by Gasteiger charge is 2.28. The molecule has 14 heavy (non-hydrogen) atoms. The average Bonchev–Trinajstić information content (AvgIpc) is 2.98. The van der Waals surface area contributed by atoms with E-state index in [1.165, 1.54) is 12.8 Å². The fourth-order valence-corrected chi connectivity index (χ4v) is 1.69. The summed E-state index contributed by atoms with van der Waals surface area (Å²) >= 11 is 0. The molecule has 0 aromatic carbocycles. The van der Waals surface area contributed by atoms with Crippen LogP contribution < -0.4 is 5.73 Å². The molecule has 2 aromatic rings. The van der Waals surface area contributed by atoms with Gasteiger partial charge in [0, 0.05) is 18.7 Å². The molecule has 3 rings (SSSR count). The van der Waals surface area contributed by atoms with E-state index in [0.717, 1.165) is 17.0 Å². The maximum Gasteiger partial charge on any atom is 0.160 e. The van der Waals surface area contributed by atoms with Crippen LogP contribution in [0.5, 0.6) is 0 Å². The van der Waals surface area contributed by atoms with Gasteiger partial charge in [-0.05, 0) is 24.5 Å². The van der Waals surface area contributed by atoms with Gasteiger partial charge in [-0.15, -0.1) is 10.2 Å². The molecule has 0 spiro atoms. The molecule has 0 saturated heterocycles. The molecule has 1 saturated carbocycles. The molecule has 0 aliphatic heterocycles. The maximum atomic E-state index is 5.60. The lowest BCUT2D eigenvalue weighted by molar-refractivity contribution is 0.889. The van der Waals surface area contributed by atoms with Gasteiger partial charge in [0.2, 0.25) is 0 Å². The summed E-state index contributed by atoms with van der Waals surface area (Å²) in [6, 6.07) is 3.97. The number of hydrogen-bond acceptors (Lipinski definition) is 3. The van der Waals surface area contributed by atoms with E-state index in [1.807, 2.05) is 18.3 Å². The van der Waals surface area contributed by atoms with Gasteiger partial charge in [0.15, 0.2) is 5.65 Å². The van der Waals surface area contributed by atoms with E-state index in [9.17, 15) is 0 Å². The Kier molecular flexibility index (Phi) is 1.58. The van der Waals surface area contributed by atoms with Crippen LogP contribution in [0.3, 0.4) is 0 Å². The van der Waals surface area contributed by atoms with Crippen LogP contribution in [0.25, 0.3) is 5.65 Å². The highest BCUT2D eigenvalue weighted by molar-refractivity contribution is 5.40. The topological polar surface area (TPSA) is 56.2 Å².